The number of hydrogen-bond donors (Lipinski definition) is 0. The van der Waals surface area contributed by atoms with Gasteiger partial charge in [0.2, 0.25) is 0 Å². The fourth-order valence-corrected chi connectivity index (χ4v) is 11.1. The third kappa shape index (κ3) is 7.73. The number of anilines is 6. The van der Waals surface area contributed by atoms with E-state index in [-0.39, 0.29) is 0 Å². The summed E-state index contributed by atoms with van der Waals surface area (Å²) in [6.07, 6.45) is 7.85. The highest BCUT2D eigenvalue weighted by Crippen LogP contribution is 2.53. The molecule has 73 heavy (non-hydrogen) atoms. The summed E-state index contributed by atoms with van der Waals surface area (Å²) in [6.45, 7) is 10.4. The minimum Gasteiger partial charge on any atom is -0.455 e. The van der Waals surface area contributed by atoms with Crippen molar-refractivity contribution in [2.24, 2.45) is 0 Å². The van der Waals surface area contributed by atoms with Crippen LogP contribution < -0.4 is 14.5 Å². The Morgan fingerprint density at radius 2 is 1.08 bits per heavy atom. The minimum absolute atomic E-state index is 0.816. The van der Waals surface area contributed by atoms with Gasteiger partial charge in [0.05, 0.1) is 34.1 Å². The molecule has 0 fully saturated rings. The van der Waals surface area contributed by atoms with Crippen LogP contribution in [0.3, 0.4) is 0 Å². The number of rotatable bonds is 10. The Kier molecular flexibility index (Phi) is 11.7. The largest absolute Gasteiger partial charge is 0.455 e. The van der Waals surface area contributed by atoms with E-state index in [1.165, 1.54) is 32.7 Å². The molecule has 4 nitrogen and oxygen atoms in total. The molecule has 13 rings (SSSR count). The van der Waals surface area contributed by atoms with Crippen molar-refractivity contribution in [3.63, 3.8) is 0 Å². The first kappa shape index (κ1) is 45.1. The third-order valence-corrected chi connectivity index (χ3v) is 14.5. The molecule has 352 valence electrons. The van der Waals surface area contributed by atoms with Crippen molar-refractivity contribution >= 4 is 83.2 Å². The van der Waals surface area contributed by atoms with E-state index in [0.29, 0.717) is 0 Å². The van der Waals surface area contributed by atoms with Crippen molar-refractivity contribution in [3.8, 4) is 22.6 Å². The monoisotopic (exact) mass is 942 g/mol. The highest BCUT2D eigenvalue weighted by molar-refractivity contribution is 6.19. The molecule has 4 heteroatoms. The van der Waals surface area contributed by atoms with E-state index >= 15 is 0 Å². The van der Waals surface area contributed by atoms with Crippen molar-refractivity contribution in [2.75, 3.05) is 9.80 Å². The first-order valence-corrected chi connectivity index (χ1v) is 25.5. The van der Waals surface area contributed by atoms with Crippen LogP contribution in [-0.2, 0) is 12.8 Å². The number of allylic oxidation sites excluding steroid dienone is 4. The fraction of sp³-hybridized carbons (Fsp3) is 0.101. The number of nitrogens with zero attached hydrogens (tertiary/aromatic N) is 2. The van der Waals surface area contributed by atoms with Crippen LogP contribution in [0.4, 0.5) is 34.1 Å². The number of hydrogen-bond acceptors (Lipinski definition) is 4. The molecule has 0 saturated heterocycles. The van der Waals surface area contributed by atoms with Crippen molar-refractivity contribution < 1.29 is 9.15 Å². The molecule has 2 aliphatic rings. The summed E-state index contributed by atoms with van der Waals surface area (Å²) in [7, 11) is 0. The maximum atomic E-state index is 7.04. The predicted molar refractivity (Wildman–Crippen MR) is 307 cm³/mol. The second-order valence-corrected chi connectivity index (χ2v) is 18.7. The van der Waals surface area contributed by atoms with E-state index in [9.17, 15) is 0 Å². The van der Waals surface area contributed by atoms with Gasteiger partial charge in [-0.1, -0.05) is 177 Å². The highest BCUT2D eigenvalue weighted by Gasteiger charge is 2.30. The molecule has 0 spiro atoms. The Morgan fingerprint density at radius 3 is 1.89 bits per heavy atom. The number of ether oxygens (including phenoxy) is 1. The predicted octanol–water partition coefficient (Wildman–Crippen LogP) is 19.6. The van der Waals surface area contributed by atoms with E-state index in [4.69, 9.17) is 9.15 Å². The lowest BCUT2D eigenvalue weighted by atomic mass is 9.84. The topological polar surface area (TPSA) is 28.9 Å². The summed E-state index contributed by atoms with van der Waals surface area (Å²) in [5, 5.41) is 7.15. The number of furan rings is 1. The molecule has 0 bridgehead atoms. The SMILES string of the molecule is CC.Cc1ccccc1Oc1c(C)cccc1N(c1ccccc1-c1ccccc1)c1ccc2c3c1ccc1ccc(N(c4ccccc4C4=CC=C=C=C4)c4cccc5c4oc4c(C)cccc45)c(c13)CC2. The lowest BCUT2D eigenvalue weighted by molar-refractivity contribution is 0.476. The first-order valence-electron chi connectivity index (χ1n) is 25.5. The normalized spacial score (nSPS) is 12.4. The Labute approximate surface area is 427 Å². The van der Waals surface area contributed by atoms with E-state index in [0.717, 1.165) is 119 Å². The average Bonchev–Trinajstić information content (AvgIpc) is 3.84. The minimum atomic E-state index is 0.816. The molecule has 2 aliphatic carbocycles. The Balaban J connectivity index is 0.00000268. The molecule has 0 N–H and O–H groups in total. The Morgan fingerprint density at radius 1 is 0.452 bits per heavy atom. The highest BCUT2D eigenvalue weighted by atomic mass is 16.5. The zero-order chi connectivity index (χ0) is 49.6. The quantitative estimate of drug-likeness (QED) is 0.101. The number of para-hydroxylation sites is 6. The number of benzene rings is 10. The molecular weight excluding hydrogens is 889 g/mol. The molecule has 0 amide bonds. The molecule has 0 atom stereocenters. The zero-order valence-corrected chi connectivity index (χ0v) is 41.8. The summed E-state index contributed by atoms with van der Waals surface area (Å²) < 4.78 is 14.0. The molecular formula is C69H54N2O2. The molecule has 10 aromatic carbocycles. The maximum absolute atomic E-state index is 7.04. The summed E-state index contributed by atoms with van der Waals surface area (Å²) in [4.78, 5) is 4.89. The zero-order valence-electron chi connectivity index (χ0n) is 41.8. The van der Waals surface area contributed by atoms with Crippen LogP contribution in [0.15, 0.2) is 228 Å². The first-order chi connectivity index (χ1) is 36.0. The molecule has 0 aliphatic heterocycles. The van der Waals surface area contributed by atoms with Gasteiger partial charge in [0.25, 0.3) is 0 Å². The van der Waals surface area contributed by atoms with Crippen molar-refractivity contribution in [1.82, 2.24) is 0 Å². The van der Waals surface area contributed by atoms with E-state index in [1.54, 1.807) is 0 Å². The van der Waals surface area contributed by atoms with Gasteiger partial charge in [-0.25, -0.2) is 0 Å². The van der Waals surface area contributed by atoms with Gasteiger partial charge < -0.3 is 19.0 Å². The molecule has 11 aromatic rings. The second kappa shape index (κ2) is 18.9. The fourth-order valence-electron chi connectivity index (χ4n) is 11.1. The van der Waals surface area contributed by atoms with Crippen LogP contribution in [0, 0.1) is 20.8 Å². The van der Waals surface area contributed by atoms with Gasteiger partial charge in [-0.15, -0.1) is 0 Å². The van der Waals surface area contributed by atoms with Gasteiger partial charge in [0.1, 0.15) is 11.3 Å². The standard InChI is InChI=1S/C67H48N2O2.C2H6/c1-43-19-10-15-34-62(43)70-66-45(3)21-17-32-60(66)68(56-30-13-11-26-50(56)46-22-6-4-7-23-46)58-41-37-48-36-40-55-59(42-38-49-35-39-54(58)63(48)64(49)55)69(57-31-14-12-27-51(57)47-24-8-5-9-25-47)61-33-18-29-53-52-28-16-20-44(2)65(52)71-67(53)61;1-2/h4,6-8,10-35,37-39,41-42H,36,40H2,1-3H3;1-2H3. The Bertz CT molecular complexity index is 4110. The van der Waals surface area contributed by atoms with Gasteiger partial charge in [0.15, 0.2) is 11.3 Å². The molecule has 0 saturated carbocycles. The molecule has 1 heterocycles. The van der Waals surface area contributed by atoms with Gasteiger partial charge in [0, 0.05) is 27.3 Å². The molecule has 0 radical (unpaired) electrons. The van der Waals surface area contributed by atoms with Crippen LogP contribution in [0.2, 0.25) is 0 Å². The van der Waals surface area contributed by atoms with Gasteiger partial charge >= 0.3 is 0 Å². The van der Waals surface area contributed by atoms with Crippen LogP contribution >= 0.6 is 0 Å². The van der Waals surface area contributed by atoms with Gasteiger partial charge in [-0.05, 0) is 149 Å². The summed E-state index contributed by atoms with van der Waals surface area (Å²) in [6, 6.07) is 70.0. The van der Waals surface area contributed by atoms with Crippen molar-refractivity contribution in [1.29, 1.82) is 0 Å². The van der Waals surface area contributed by atoms with Gasteiger partial charge in [-0.3, -0.25) is 0 Å². The number of aryl methyl sites for hydroxylation is 5. The van der Waals surface area contributed by atoms with Crippen molar-refractivity contribution in [3.05, 3.63) is 257 Å². The van der Waals surface area contributed by atoms with Crippen LogP contribution in [0.5, 0.6) is 11.5 Å². The van der Waals surface area contributed by atoms with Crippen LogP contribution in [0.25, 0.3) is 60.2 Å². The van der Waals surface area contributed by atoms with Crippen molar-refractivity contribution in [2.45, 2.75) is 47.5 Å². The van der Waals surface area contributed by atoms with E-state index in [1.807, 2.05) is 32.1 Å². The summed E-state index contributed by atoms with van der Waals surface area (Å²) in [5.74, 6) is 1.65. The number of fused-ring (bicyclic) bond motifs is 3. The Hall–Kier alpha value is -9.04. The van der Waals surface area contributed by atoms with E-state index < -0.39 is 0 Å². The third-order valence-electron chi connectivity index (χ3n) is 14.5. The van der Waals surface area contributed by atoms with E-state index in [2.05, 4.69) is 236 Å². The maximum Gasteiger partial charge on any atom is 0.159 e. The summed E-state index contributed by atoms with van der Waals surface area (Å²) in [5.41, 5.74) is 24.7. The summed E-state index contributed by atoms with van der Waals surface area (Å²) >= 11 is 0. The van der Waals surface area contributed by atoms with Crippen LogP contribution in [-0.4, -0.2) is 0 Å². The lowest BCUT2D eigenvalue weighted by Gasteiger charge is -2.33. The van der Waals surface area contributed by atoms with Crippen LogP contribution in [0.1, 0.15) is 47.2 Å². The van der Waals surface area contributed by atoms with Gasteiger partial charge in [-0.2, -0.15) is 0 Å². The smallest absolute Gasteiger partial charge is 0.159 e. The molecule has 1 aromatic heterocycles. The lowest BCUT2D eigenvalue weighted by Crippen LogP contribution is -2.17. The average molecular weight is 943 g/mol. The second-order valence-electron chi connectivity index (χ2n) is 18.7. The molecule has 0 unspecified atom stereocenters.